The molecule has 0 spiro atoms. The molecule has 0 unspecified atom stereocenters. The van der Waals surface area contributed by atoms with Crippen LogP contribution in [-0.4, -0.2) is 66.5 Å². The molecule has 0 radical (unpaired) electrons. The lowest BCUT2D eigenvalue weighted by Gasteiger charge is -2.36. The van der Waals surface area contributed by atoms with Gasteiger partial charge >= 0.3 is 0 Å². The van der Waals surface area contributed by atoms with Crippen LogP contribution >= 0.6 is 11.6 Å². The van der Waals surface area contributed by atoms with Gasteiger partial charge in [-0.25, -0.2) is 4.98 Å². The fourth-order valence-corrected chi connectivity index (χ4v) is 3.81. The second kappa shape index (κ2) is 8.17. The van der Waals surface area contributed by atoms with Gasteiger partial charge in [-0.05, 0) is 45.0 Å². The van der Waals surface area contributed by atoms with Crippen LogP contribution in [0.25, 0.3) is 0 Å². The smallest absolute Gasteiger partial charge is 0.222 e. The molecule has 0 saturated carbocycles. The van der Waals surface area contributed by atoms with Crippen LogP contribution < -0.4 is 4.90 Å². The summed E-state index contributed by atoms with van der Waals surface area (Å²) in [7, 11) is 2.19. The summed E-state index contributed by atoms with van der Waals surface area (Å²) in [4.78, 5) is 23.5. The summed E-state index contributed by atoms with van der Waals surface area (Å²) < 4.78 is 0. The summed E-state index contributed by atoms with van der Waals surface area (Å²) in [6.45, 7) is 4.41. The number of pyridine rings is 1. The molecule has 3 rings (SSSR count). The molecule has 1 atom stereocenters. The third-order valence-corrected chi connectivity index (χ3v) is 5.50. The Morgan fingerprint density at radius 3 is 2.67 bits per heavy atom. The zero-order chi connectivity index (χ0) is 16.9. The maximum Gasteiger partial charge on any atom is 0.222 e. The minimum atomic E-state index is 0.303. The van der Waals surface area contributed by atoms with Crippen molar-refractivity contribution in [1.29, 1.82) is 0 Å². The molecule has 3 heterocycles. The van der Waals surface area contributed by atoms with E-state index in [2.05, 4.69) is 21.8 Å². The molecule has 0 N–H and O–H groups in total. The second-order valence-electron chi connectivity index (χ2n) is 6.87. The Hall–Kier alpha value is -1.33. The van der Waals surface area contributed by atoms with Crippen LogP contribution in [0.1, 0.15) is 32.1 Å². The molecular weight excluding hydrogens is 324 g/mol. The number of likely N-dealkylation sites (tertiary alicyclic amines) is 1. The van der Waals surface area contributed by atoms with Gasteiger partial charge in [-0.15, -0.1) is 0 Å². The van der Waals surface area contributed by atoms with Gasteiger partial charge in [0.1, 0.15) is 5.82 Å². The molecule has 6 heteroatoms. The molecule has 0 aromatic carbocycles. The highest BCUT2D eigenvalue weighted by Crippen LogP contribution is 2.20. The molecule has 1 aromatic heterocycles. The number of rotatable bonds is 4. The quantitative estimate of drug-likeness (QED) is 0.837. The maximum absolute atomic E-state index is 12.5. The third-order valence-electron chi connectivity index (χ3n) is 5.28. The van der Waals surface area contributed by atoms with Crippen LogP contribution in [0.2, 0.25) is 5.02 Å². The number of anilines is 1. The Bertz CT molecular complexity index is 542. The summed E-state index contributed by atoms with van der Waals surface area (Å²) in [5.74, 6) is 1.24. The number of aromatic nitrogens is 1. The van der Waals surface area contributed by atoms with Crippen LogP contribution in [0.3, 0.4) is 0 Å². The van der Waals surface area contributed by atoms with Gasteiger partial charge in [-0.3, -0.25) is 4.79 Å². The van der Waals surface area contributed by atoms with Gasteiger partial charge in [0.25, 0.3) is 0 Å². The summed E-state index contributed by atoms with van der Waals surface area (Å²) in [5, 5.41) is 0.653. The molecule has 2 aliphatic rings. The van der Waals surface area contributed by atoms with Gasteiger partial charge in [-0.2, -0.15) is 0 Å². The van der Waals surface area contributed by atoms with Crippen molar-refractivity contribution < 1.29 is 4.79 Å². The highest BCUT2D eigenvalue weighted by Gasteiger charge is 2.24. The Balaban J connectivity index is 1.44. The third kappa shape index (κ3) is 4.39. The van der Waals surface area contributed by atoms with Crippen LogP contribution in [0, 0.1) is 0 Å². The molecular formula is C18H27ClN4O. The van der Waals surface area contributed by atoms with Gasteiger partial charge in [0.2, 0.25) is 5.91 Å². The van der Waals surface area contributed by atoms with E-state index in [-0.39, 0.29) is 0 Å². The molecule has 24 heavy (non-hydrogen) atoms. The van der Waals surface area contributed by atoms with E-state index in [9.17, 15) is 4.79 Å². The number of piperidine rings is 1. The Morgan fingerprint density at radius 2 is 2.00 bits per heavy atom. The van der Waals surface area contributed by atoms with Crippen LogP contribution in [0.5, 0.6) is 0 Å². The number of nitrogens with zero attached hydrogens (tertiary/aromatic N) is 4. The minimum Gasteiger partial charge on any atom is -0.353 e. The number of carbonyl (C=O) groups excluding carboxylic acids is 1. The molecule has 0 aliphatic carbocycles. The van der Waals surface area contributed by atoms with E-state index >= 15 is 0 Å². The van der Waals surface area contributed by atoms with Crippen LogP contribution in [-0.2, 0) is 4.79 Å². The van der Waals surface area contributed by atoms with Crippen LogP contribution in [0.15, 0.2) is 18.3 Å². The molecule has 2 fully saturated rings. The number of hydrogen-bond donors (Lipinski definition) is 0. The van der Waals surface area contributed by atoms with E-state index in [0.717, 1.165) is 38.4 Å². The zero-order valence-corrected chi connectivity index (χ0v) is 15.2. The largest absolute Gasteiger partial charge is 0.353 e. The van der Waals surface area contributed by atoms with Gasteiger partial charge in [0.15, 0.2) is 0 Å². The number of piperazine rings is 1. The topological polar surface area (TPSA) is 39.7 Å². The molecule has 0 bridgehead atoms. The molecule has 5 nitrogen and oxygen atoms in total. The fraction of sp³-hybridized carbons (Fsp3) is 0.667. The average Bonchev–Trinajstić information content (AvgIpc) is 2.62. The first-order chi connectivity index (χ1) is 11.6. The predicted molar refractivity (Wildman–Crippen MR) is 97.5 cm³/mol. The second-order valence-corrected chi connectivity index (χ2v) is 7.31. The van der Waals surface area contributed by atoms with E-state index < -0.39 is 0 Å². The highest BCUT2D eigenvalue weighted by molar-refractivity contribution is 6.30. The highest BCUT2D eigenvalue weighted by atomic mass is 35.5. The zero-order valence-electron chi connectivity index (χ0n) is 14.5. The summed E-state index contributed by atoms with van der Waals surface area (Å²) in [5.41, 5.74) is 0. The van der Waals surface area contributed by atoms with Crippen molar-refractivity contribution in [3.05, 3.63) is 23.4 Å². The predicted octanol–water partition coefficient (Wildman–Crippen LogP) is 2.65. The standard InChI is InChI=1S/C18H27ClN4O/c1-21-9-3-2-4-16(21)6-8-18(24)23-12-10-22(11-13-23)17-7-5-15(19)14-20-17/h5,7,14,16H,2-4,6,8-13H2,1H3/t16-/m0/s1. The number of amides is 1. The number of halogens is 1. The fourth-order valence-electron chi connectivity index (χ4n) is 3.70. The van der Waals surface area contributed by atoms with Crippen molar-refractivity contribution in [1.82, 2.24) is 14.8 Å². The molecule has 132 valence electrons. The van der Waals surface area contributed by atoms with E-state index in [4.69, 9.17) is 11.6 Å². The molecule has 2 aliphatic heterocycles. The van der Waals surface area contributed by atoms with Gasteiger partial charge in [-0.1, -0.05) is 18.0 Å². The molecule has 1 aromatic rings. The first kappa shape index (κ1) is 17.5. The van der Waals surface area contributed by atoms with Gasteiger partial charge in [0.05, 0.1) is 5.02 Å². The van der Waals surface area contributed by atoms with E-state index in [0.29, 0.717) is 23.4 Å². The number of carbonyl (C=O) groups is 1. The van der Waals surface area contributed by atoms with E-state index in [1.807, 2.05) is 17.0 Å². The number of hydrogen-bond acceptors (Lipinski definition) is 4. The lowest BCUT2D eigenvalue weighted by Crippen LogP contribution is -2.49. The average molecular weight is 351 g/mol. The Labute approximate surface area is 149 Å². The van der Waals surface area contributed by atoms with Crippen LogP contribution in [0.4, 0.5) is 5.82 Å². The lowest BCUT2D eigenvalue weighted by molar-refractivity contribution is -0.131. The summed E-state index contributed by atoms with van der Waals surface area (Å²) in [6.07, 6.45) is 7.18. The summed E-state index contributed by atoms with van der Waals surface area (Å²) in [6, 6.07) is 4.39. The molecule has 1 amide bonds. The SMILES string of the molecule is CN1CCCC[C@H]1CCC(=O)N1CCN(c2ccc(Cl)cn2)CC1. The Kier molecular flexibility index (Phi) is 5.95. The monoisotopic (exact) mass is 350 g/mol. The Morgan fingerprint density at radius 1 is 1.21 bits per heavy atom. The van der Waals surface area contributed by atoms with Crippen molar-refractivity contribution in [3.63, 3.8) is 0 Å². The van der Waals surface area contributed by atoms with Crippen molar-refractivity contribution in [2.45, 2.75) is 38.1 Å². The van der Waals surface area contributed by atoms with Gasteiger partial charge in [0, 0.05) is 44.8 Å². The van der Waals surface area contributed by atoms with E-state index in [1.54, 1.807) is 6.20 Å². The van der Waals surface area contributed by atoms with E-state index in [1.165, 1.54) is 25.8 Å². The first-order valence-electron chi connectivity index (χ1n) is 8.98. The maximum atomic E-state index is 12.5. The van der Waals surface area contributed by atoms with Gasteiger partial charge < -0.3 is 14.7 Å². The van der Waals surface area contributed by atoms with Crippen molar-refractivity contribution in [2.75, 3.05) is 44.7 Å². The lowest BCUT2D eigenvalue weighted by atomic mass is 9.98. The first-order valence-corrected chi connectivity index (χ1v) is 9.36. The van der Waals surface area contributed by atoms with Crippen molar-refractivity contribution in [2.24, 2.45) is 0 Å². The normalized spacial score (nSPS) is 22.7. The summed E-state index contributed by atoms with van der Waals surface area (Å²) >= 11 is 5.89. The molecule has 2 saturated heterocycles. The van der Waals surface area contributed by atoms with Crippen molar-refractivity contribution in [3.8, 4) is 0 Å². The minimum absolute atomic E-state index is 0.303. The van der Waals surface area contributed by atoms with Crippen molar-refractivity contribution >= 4 is 23.3 Å².